The Bertz CT molecular complexity index is 749. The van der Waals surface area contributed by atoms with Crippen LogP contribution in [0, 0.1) is 6.92 Å². The molecule has 0 fully saturated rings. The third kappa shape index (κ3) is 6.15. The van der Waals surface area contributed by atoms with Gasteiger partial charge in [-0.2, -0.15) is 0 Å². The molecule has 0 aliphatic heterocycles. The number of anilines is 1. The zero-order chi connectivity index (χ0) is 18.2. The Kier molecular flexibility index (Phi) is 6.89. The van der Waals surface area contributed by atoms with Crippen LogP contribution in [0.5, 0.6) is 0 Å². The van der Waals surface area contributed by atoms with Gasteiger partial charge < -0.3 is 10.1 Å². The normalized spacial score (nSPS) is 10.3. The van der Waals surface area contributed by atoms with Crippen molar-refractivity contribution in [3.63, 3.8) is 0 Å². The summed E-state index contributed by atoms with van der Waals surface area (Å²) in [5.74, 6) is -1.05. The molecule has 6 heteroatoms. The number of thiophene rings is 1. The van der Waals surface area contributed by atoms with E-state index in [1.165, 1.54) is 16.9 Å². The number of ketones is 1. The number of hydrogen-bond donors (Lipinski definition) is 1. The fourth-order valence-corrected chi connectivity index (χ4v) is 3.00. The molecule has 0 atom stereocenters. The second-order valence-electron chi connectivity index (χ2n) is 5.59. The molecule has 1 amide bonds. The molecule has 2 aromatic rings. The van der Waals surface area contributed by atoms with Gasteiger partial charge in [0.2, 0.25) is 0 Å². The number of aryl methyl sites for hydroxylation is 2. The highest BCUT2D eigenvalue weighted by molar-refractivity contribution is 7.14. The number of ether oxygens (including phenoxy) is 1. The lowest BCUT2D eigenvalue weighted by Crippen LogP contribution is -2.21. The van der Waals surface area contributed by atoms with Crippen LogP contribution in [0.1, 0.15) is 39.9 Å². The quantitative estimate of drug-likeness (QED) is 0.575. The van der Waals surface area contributed by atoms with Crippen molar-refractivity contribution in [2.24, 2.45) is 0 Å². The fourth-order valence-electron chi connectivity index (χ4n) is 2.16. The molecule has 132 valence electrons. The van der Waals surface area contributed by atoms with Crippen LogP contribution < -0.4 is 5.32 Å². The maximum Gasteiger partial charge on any atom is 0.306 e. The predicted molar refractivity (Wildman–Crippen MR) is 98.0 cm³/mol. The molecule has 1 aromatic heterocycles. The van der Waals surface area contributed by atoms with Gasteiger partial charge in [0.25, 0.3) is 5.91 Å². The monoisotopic (exact) mass is 359 g/mol. The van der Waals surface area contributed by atoms with Crippen molar-refractivity contribution in [1.82, 2.24) is 0 Å². The average Bonchev–Trinajstić information content (AvgIpc) is 3.05. The van der Waals surface area contributed by atoms with E-state index in [9.17, 15) is 14.4 Å². The zero-order valence-electron chi connectivity index (χ0n) is 14.3. The number of nitrogens with one attached hydrogen (secondary N) is 1. The van der Waals surface area contributed by atoms with Crippen molar-refractivity contribution in [3.05, 3.63) is 51.7 Å². The first-order valence-corrected chi connectivity index (χ1v) is 8.93. The molecule has 0 saturated carbocycles. The minimum Gasteiger partial charge on any atom is -0.456 e. The van der Waals surface area contributed by atoms with Gasteiger partial charge in [0.1, 0.15) is 0 Å². The molecule has 0 saturated heterocycles. The highest BCUT2D eigenvalue weighted by atomic mass is 32.1. The van der Waals surface area contributed by atoms with E-state index in [0.717, 1.165) is 11.3 Å². The Labute approximate surface area is 151 Å². The molecule has 5 nitrogen and oxygen atoms in total. The highest BCUT2D eigenvalue weighted by Gasteiger charge is 2.13. The van der Waals surface area contributed by atoms with E-state index < -0.39 is 11.9 Å². The Morgan fingerprint density at radius 1 is 1.04 bits per heavy atom. The summed E-state index contributed by atoms with van der Waals surface area (Å²) in [7, 11) is 0. The van der Waals surface area contributed by atoms with E-state index >= 15 is 0 Å². The van der Waals surface area contributed by atoms with Crippen LogP contribution in [0.15, 0.2) is 36.4 Å². The van der Waals surface area contributed by atoms with Crippen LogP contribution in [0.4, 0.5) is 5.69 Å². The van der Waals surface area contributed by atoms with Crippen molar-refractivity contribution in [1.29, 1.82) is 0 Å². The number of esters is 1. The van der Waals surface area contributed by atoms with Crippen LogP contribution in [-0.4, -0.2) is 24.3 Å². The number of carbonyl (C=O) groups is 3. The smallest absolute Gasteiger partial charge is 0.306 e. The third-order valence-electron chi connectivity index (χ3n) is 3.58. The molecule has 0 bridgehead atoms. The van der Waals surface area contributed by atoms with Crippen LogP contribution in [0.25, 0.3) is 0 Å². The average molecular weight is 359 g/mol. The molecule has 1 N–H and O–H groups in total. The molecular weight excluding hydrogens is 338 g/mol. The maximum atomic E-state index is 11.9. The summed E-state index contributed by atoms with van der Waals surface area (Å²) < 4.78 is 4.91. The third-order valence-corrected chi connectivity index (χ3v) is 4.62. The Hall–Kier alpha value is -2.47. The minimum absolute atomic E-state index is 0.0335. The lowest BCUT2D eigenvalue weighted by atomic mass is 10.1. The largest absolute Gasteiger partial charge is 0.456 e. The second-order valence-corrected chi connectivity index (χ2v) is 6.88. The number of carbonyl (C=O) groups excluding carboxylic acids is 3. The van der Waals surface area contributed by atoms with E-state index in [4.69, 9.17) is 4.74 Å². The van der Waals surface area contributed by atoms with Gasteiger partial charge in [-0.05, 0) is 43.2 Å². The first kappa shape index (κ1) is 18.9. The first-order chi connectivity index (χ1) is 12.0. The number of amides is 1. The topological polar surface area (TPSA) is 72.5 Å². The van der Waals surface area contributed by atoms with Crippen molar-refractivity contribution in [3.8, 4) is 0 Å². The summed E-state index contributed by atoms with van der Waals surface area (Å²) in [6.45, 7) is 3.61. The maximum absolute atomic E-state index is 11.9. The SMILES string of the molecule is CCc1ccc(NC(=O)COC(=O)CCC(=O)c2ccc(C)s2)cc1. The van der Waals surface area contributed by atoms with Gasteiger partial charge in [-0.25, -0.2) is 0 Å². The van der Waals surface area contributed by atoms with Gasteiger partial charge in [0.15, 0.2) is 12.4 Å². The molecule has 0 aliphatic carbocycles. The van der Waals surface area contributed by atoms with Crippen LogP contribution in [-0.2, 0) is 20.7 Å². The van der Waals surface area contributed by atoms with Crippen molar-refractivity contribution < 1.29 is 19.1 Å². The van der Waals surface area contributed by atoms with Crippen LogP contribution in [0.2, 0.25) is 0 Å². The molecule has 0 radical (unpaired) electrons. The number of benzene rings is 1. The number of Topliss-reactive ketones (excluding diaryl/α,β-unsaturated/α-hetero) is 1. The lowest BCUT2D eigenvalue weighted by molar-refractivity contribution is -0.147. The van der Waals surface area contributed by atoms with Gasteiger partial charge in [0, 0.05) is 17.0 Å². The molecular formula is C19H21NO4S. The Morgan fingerprint density at radius 2 is 1.76 bits per heavy atom. The van der Waals surface area contributed by atoms with Gasteiger partial charge in [-0.1, -0.05) is 19.1 Å². The summed E-state index contributed by atoms with van der Waals surface area (Å²) in [4.78, 5) is 37.1. The summed E-state index contributed by atoms with van der Waals surface area (Å²) in [6.07, 6.45) is 0.975. The first-order valence-electron chi connectivity index (χ1n) is 8.12. The Morgan fingerprint density at radius 3 is 2.36 bits per heavy atom. The minimum atomic E-state index is -0.557. The van der Waals surface area contributed by atoms with Crippen molar-refractivity contribution in [2.45, 2.75) is 33.1 Å². The summed E-state index contributed by atoms with van der Waals surface area (Å²) in [5, 5.41) is 2.66. The summed E-state index contributed by atoms with van der Waals surface area (Å²) in [6, 6.07) is 11.1. The lowest BCUT2D eigenvalue weighted by Gasteiger charge is -2.07. The van der Waals surface area contributed by atoms with Crippen LogP contribution >= 0.6 is 11.3 Å². The predicted octanol–water partition coefficient (Wildman–Crippen LogP) is 3.76. The standard InChI is InChI=1S/C19H21NO4S/c1-3-14-5-7-15(8-6-14)20-18(22)12-24-19(23)11-9-16(21)17-10-4-13(2)25-17/h4-8,10H,3,9,11-12H2,1-2H3,(H,20,22). The van der Waals surface area contributed by atoms with Gasteiger partial charge in [-0.15, -0.1) is 11.3 Å². The molecule has 2 rings (SSSR count). The molecule has 0 aliphatic rings. The Balaban J connectivity index is 1.70. The number of rotatable bonds is 8. The van der Waals surface area contributed by atoms with Crippen molar-refractivity contribution in [2.75, 3.05) is 11.9 Å². The fraction of sp³-hybridized carbons (Fsp3) is 0.316. The molecule has 1 heterocycles. The zero-order valence-corrected chi connectivity index (χ0v) is 15.2. The van der Waals surface area contributed by atoms with Crippen molar-refractivity contribution >= 4 is 34.7 Å². The molecule has 1 aromatic carbocycles. The van der Waals surface area contributed by atoms with E-state index in [1.54, 1.807) is 18.2 Å². The highest BCUT2D eigenvalue weighted by Crippen LogP contribution is 2.17. The van der Waals surface area contributed by atoms with Gasteiger partial charge in [-0.3, -0.25) is 14.4 Å². The summed E-state index contributed by atoms with van der Waals surface area (Å²) in [5.41, 5.74) is 1.83. The molecule has 25 heavy (non-hydrogen) atoms. The second kappa shape index (κ2) is 9.13. The molecule has 0 unspecified atom stereocenters. The molecule has 0 spiro atoms. The van der Waals surface area contributed by atoms with Gasteiger partial charge in [0.05, 0.1) is 11.3 Å². The summed E-state index contributed by atoms with van der Waals surface area (Å²) >= 11 is 1.40. The van der Waals surface area contributed by atoms with E-state index in [-0.39, 0.29) is 25.2 Å². The van der Waals surface area contributed by atoms with E-state index in [0.29, 0.717) is 10.6 Å². The van der Waals surface area contributed by atoms with E-state index in [1.807, 2.05) is 25.1 Å². The van der Waals surface area contributed by atoms with Crippen LogP contribution in [0.3, 0.4) is 0 Å². The van der Waals surface area contributed by atoms with Gasteiger partial charge >= 0.3 is 5.97 Å². The van der Waals surface area contributed by atoms with E-state index in [2.05, 4.69) is 12.2 Å². The number of hydrogen-bond acceptors (Lipinski definition) is 5.